The number of piperidine rings is 1. The van der Waals surface area contributed by atoms with Crippen LogP contribution in [0.25, 0.3) is 10.9 Å². The van der Waals surface area contributed by atoms with Gasteiger partial charge in [-0.3, -0.25) is 4.79 Å². The molecule has 0 spiro atoms. The number of hydrogen-bond acceptors (Lipinski definition) is 6. The Bertz CT molecular complexity index is 850. The summed E-state index contributed by atoms with van der Waals surface area (Å²) >= 11 is 3.76. The van der Waals surface area contributed by atoms with Crippen molar-refractivity contribution in [3.63, 3.8) is 0 Å². The molecule has 4 rings (SSSR count). The number of benzene rings is 1. The van der Waals surface area contributed by atoms with Crippen molar-refractivity contribution in [3.8, 4) is 0 Å². The molecule has 1 saturated heterocycles. The van der Waals surface area contributed by atoms with Gasteiger partial charge in [-0.05, 0) is 50.1 Å². The standard InChI is InChI=1S/C21H30N4OS2/c1-27-25-11-5-6-16(13-25)22-15-9-10-18-19(12-15)23-20(24-21(18)26)14-28-17-7-3-2-4-8-17/h9-10,12,16-17,22H,2-8,11,13-14H2,1H3,(H,23,24,26). The fourth-order valence-electron chi connectivity index (χ4n) is 4.24. The van der Waals surface area contributed by atoms with Crippen molar-refractivity contribution in [2.75, 3.05) is 24.7 Å². The maximum absolute atomic E-state index is 12.5. The summed E-state index contributed by atoms with van der Waals surface area (Å²) in [5.74, 6) is 1.59. The van der Waals surface area contributed by atoms with Gasteiger partial charge in [-0.1, -0.05) is 31.2 Å². The van der Waals surface area contributed by atoms with E-state index in [0.717, 1.165) is 35.9 Å². The first-order valence-corrected chi connectivity index (χ1v) is 12.6. The van der Waals surface area contributed by atoms with Crippen LogP contribution in [-0.4, -0.2) is 44.9 Å². The number of hydrogen-bond donors (Lipinski definition) is 2. The maximum atomic E-state index is 12.5. The first-order chi connectivity index (χ1) is 13.7. The maximum Gasteiger partial charge on any atom is 0.258 e. The van der Waals surface area contributed by atoms with Crippen LogP contribution in [0, 0.1) is 0 Å². The van der Waals surface area contributed by atoms with Crippen LogP contribution in [0.3, 0.4) is 0 Å². The molecule has 0 radical (unpaired) electrons. The Morgan fingerprint density at radius 2 is 2.07 bits per heavy atom. The summed E-state index contributed by atoms with van der Waals surface area (Å²) < 4.78 is 2.41. The van der Waals surface area contributed by atoms with Crippen molar-refractivity contribution in [1.29, 1.82) is 0 Å². The highest BCUT2D eigenvalue weighted by atomic mass is 32.2. The molecule has 28 heavy (non-hydrogen) atoms. The van der Waals surface area contributed by atoms with E-state index in [-0.39, 0.29) is 5.56 Å². The van der Waals surface area contributed by atoms with E-state index >= 15 is 0 Å². The SMILES string of the molecule is CSN1CCCC(Nc2ccc3c(=O)[nH]c(CSC4CCCCC4)nc3c2)C1. The molecule has 1 saturated carbocycles. The van der Waals surface area contributed by atoms with Gasteiger partial charge in [-0.25, -0.2) is 9.29 Å². The molecule has 152 valence electrons. The number of nitrogens with one attached hydrogen (secondary N) is 2. The summed E-state index contributed by atoms with van der Waals surface area (Å²) in [4.78, 5) is 20.3. The van der Waals surface area contributed by atoms with Gasteiger partial charge in [0.2, 0.25) is 0 Å². The van der Waals surface area contributed by atoms with E-state index in [4.69, 9.17) is 4.98 Å². The van der Waals surface area contributed by atoms with Gasteiger partial charge in [0.25, 0.3) is 5.56 Å². The highest BCUT2D eigenvalue weighted by Crippen LogP contribution is 2.30. The molecule has 1 aliphatic carbocycles. The van der Waals surface area contributed by atoms with Crippen molar-refractivity contribution in [3.05, 3.63) is 34.4 Å². The summed E-state index contributed by atoms with van der Waals surface area (Å²) in [6.07, 6.45) is 11.2. The lowest BCUT2D eigenvalue weighted by atomic mass is 10.0. The Morgan fingerprint density at radius 3 is 2.89 bits per heavy atom. The van der Waals surface area contributed by atoms with Crippen molar-refractivity contribution >= 4 is 40.3 Å². The van der Waals surface area contributed by atoms with Crippen LogP contribution in [0.4, 0.5) is 5.69 Å². The van der Waals surface area contributed by atoms with E-state index in [1.54, 1.807) is 0 Å². The number of fused-ring (bicyclic) bond motifs is 1. The van der Waals surface area contributed by atoms with E-state index < -0.39 is 0 Å². The number of thioether (sulfide) groups is 1. The Kier molecular flexibility index (Phi) is 6.86. The van der Waals surface area contributed by atoms with Gasteiger partial charge in [0, 0.05) is 30.1 Å². The Hall–Kier alpha value is -1.18. The van der Waals surface area contributed by atoms with E-state index in [0.29, 0.717) is 16.7 Å². The third kappa shape index (κ3) is 5.05. The van der Waals surface area contributed by atoms with Crippen LogP contribution in [0.15, 0.2) is 23.0 Å². The van der Waals surface area contributed by atoms with Gasteiger partial charge in [0.1, 0.15) is 5.82 Å². The van der Waals surface area contributed by atoms with Gasteiger partial charge in [-0.15, -0.1) is 0 Å². The van der Waals surface area contributed by atoms with Gasteiger partial charge in [-0.2, -0.15) is 11.8 Å². The van der Waals surface area contributed by atoms with E-state index in [2.05, 4.69) is 20.9 Å². The Morgan fingerprint density at radius 1 is 1.21 bits per heavy atom. The second-order valence-corrected chi connectivity index (χ2v) is 10.0. The van der Waals surface area contributed by atoms with Crippen LogP contribution < -0.4 is 10.9 Å². The molecule has 5 nitrogen and oxygen atoms in total. The number of H-pyrrole nitrogens is 1. The van der Waals surface area contributed by atoms with E-state index in [1.165, 1.54) is 44.9 Å². The molecule has 1 aliphatic heterocycles. The summed E-state index contributed by atoms with van der Waals surface area (Å²) in [5.41, 5.74) is 1.83. The van der Waals surface area contributed by atoms with Gasteiger partial charge in [0.05, 0.1) is 16.7 Å². The van der Waals surface area contributed by atoms with Crippen molar-refractivity contribution in [2.45, 2.75) is 62.0 Å². The molecule has 7 heteroatoms. The number of anilines is 1. The van der Waals surface area contributed by atoms with E-state index in [9.17, 15) is 4.79 Å². The van der Waals surface area contributed by atoms with Crippen molar-refractivity contribution in [2.24, 2.45) is 0 Å². The zero-order chi connectivity index (χ0) is 19.3. The molecule has 1 aromatic heterocycles. The molecular formula is C21H30N4OS2. The lowest BCUT2D eigenvalue weighted by molar-refractivity contribution is 0.357. The van der Waals surface area contributed by atoms with Crippen LogP contribution in [0.2, 0.25) is 0 Å². The third-order valence-corrected chi connectivity index (χ3v) is 8.01. The summed E-state index contributed by atoms with van der Waals surface area (Å²) in [7, 11) is 0. The normalized spacial score (nSPS) is 21.8. The number of aromatic amines is 1. The van der Waals surface area contributed by atoms with E-state index in [1.807, 2.05) is 41.9 Å². The molecule has 1 aromatic carbocycles. The molecule has 1 atom stereocenters. The molecule has 2 aliphatic rings. The minimum Gasteiger partial charge on any atom is -0.381 e. The molecule has 0 amide bonds. The zero-order valence-electron chi connectivity index (χ0n) is 16.6. The minimum absolute atomic E-state index is 0.0259. The average molecular weight is 419 g/mol. The van der Waals surface area contributed by atoms with Crippen LogP contribution >= 0.6 is 23.7 Å². The largest absolute Gasteiger partial charge is 0.381 e. The van der Waals surface area contributed by atoms with Crippen molar-refractivity contribution < 1.29 is 0 Å². The predicted molar refractivity (Wildman–Crippen MR) is 122 cm³/mol. The first kappa shape index (κ1) is 20.1. The van der Waals surface area contributed by atoms with Crippen LogP contribution in [-0.2, 0) is 5.75 Å². The molecule has 2 fully saturated rings. The monoisotopic (exact) mass is 418 g/mol. The van der Waals surface area contributed by atoms with Gasteiger partial charge >= 0.3 is 0 Å². The quantitative estimate of drug-likeness (QED) is 0.666. The zero-order valence-corrected chi connectivity index (χ0v) is 18.2. The van der Waals surface area contributed by atoms with Crippen LogP contribution in [0.1, 0.15) is 50.8 Å². The highest BCUT2D eigenvalue weighted by molar-refractivity contribution is 7.99. The molecule has 0 bridgehead atoms. The number of rotatable bonds is 6. The summed E-state index contributed by atoms with van der Waals surface area (Å²) in [5, 5.41) is 5.04. The Balaban J connectivity index is 1.47. The molecule has 2 N–H and O–H groups in total. The van der Waals surface area contributed by atoms with Crippen LogP contribution in [0.5, 0.6) is 0 Å². The molecular weight excluding hydrogens is 388 g/mol. The number of nitrogens with zero attached hydrogens (tertiary/aromatic N) is 2. The third-order valence-electron chi connectivity index (χ3n) is 5.78. The van der Waals surface area contributed by atoms with Gasteiger partial charge in [0.15, 0.2) is 0 Å². The minimum atomic E-state index is -0.0259. The lowest BCUT2D eigenvalue weighted by Crippen LogP contribution is -2.38. The topological polar surface area (TPSA) is 61.0 Å². The predicted octanol–water partition coefficient (Wildman–Crippen LogP) is 4.64. The van der Waals surface area contributed by atoms with Gasteiger partial charge < -0.3 is 10.3 Å². The Labute approximate surface area is 175 Å². The lowest BCUT2D eigenvalue weighted by Gasteiger charge is -2.31. The molecule has 2 heterocycles. The highest BCUT2D eigenvalue weighted by Gasteiger charge is 2.19. The first-order valence-electron chi connectivity index (χ1n) is 10.4. The summed E-state index contributed by atoms with van der Waals surface area (Å²) in [6.45, 7) is 2.21. The fourth-order valence-corrected chi connectivity index (χ4v) is 6.07. The average Bonchev–Trinajstić information content (AvgIpc) is 2.73. The summed E-state index contributed by atoms with van der Waals surface area (Å²) in [6, 6.07) is 6.39. The smallest absolute Gasteiger partial charge is 0.258 e. The fraction of sp³-hybridized carbons (Fsp3) is 0.619. The number of aromatic nitrogens is 2. The van der Waals surface area contributed by atoms with Crippen molar-refractivity contribution in [1.82, 2.24) is 14.3 Å². The molecule has 2 aromatic rings. The molecule has 1 unspecified atom stereocenters. The second-order valence-electron chi connectivity index (χ2n) is 7.87. The second kappa shape index (κ2) is 9.55.